The minimum absolute atomic E-state index is 0.0578. The van der Waals surface area contributed by atoms with Crippen LogP contribution in [-0.2, 0) is 20.9 Å². The molecule has 0 saturated carbocycles. The van der Waals surface area contributed by atoms with E-state index in [9.17, 15) is 18.4 Å². The first-order chi connectivity index (χ1) is 14.5. The fourth-order valence-corrected chi connectivity index (χ4v) is 3.85. The lowest BCUT2D eigenvalue weighted by Gasteiger charge is -2.36. The number of hydrogen-bond donors (Lipinski definition) is 0. The molecule has 0 aliphatic carbocycles. The molecule has 2 aromatic rings. The molecule has 0 spiro atoms. The molecule has 0 bridgehead atoms. The van der Waals surface area contributed by atoms with Gasteiger partial charge in [0.05, 0.1) is 18.7 Å². The van der Waals surface area contributed by atoms with Gasteiger partial charge in [-0.15, -0.1) is 0 Å². The van der Waals surface area contributed by atoms with Gasteiger partial charge in [0.25, 0.3) is 0 Å². The van der Waals surface area contributed by atoms with Gasteiger partial charge >= 0.3 is 5.97 Å². The lowest BCUT2D eigenvalue weighted by atomic mass is 9.82. The van der Waals surface area contributed by atoms with Crippen molar-refractivity contribution in [1.29, 1.82) is 0 Å². The average molecular weight is 413 g/mol. The maximum absolute atomic E-state index is 14.3. The monoisotopic (exact) mass is 413 g/mol. The van der Waals surface area contributed by atoms with Gasteiger partial charge in [-0.3, -0.25) is 4.79 Å². The van der Waals surface area contributed by atoms with Gasteiger partial charge in [0.2, 0.25) is 5.91 Å². The Morgan fingerprint density at radius 1 is 1.10 bits per heavy atom. The van der Waals surface area contributed by atoms with Gasteiger partial charge in [-0.2, -0.15) is 0 Å². The molecule has 3 rings (SSSR count). The van der Waals surface area contributed by atoms with E-state index in [-0.39, 0.29) is 31.0 Å². The first kappa shape index (κ1) is 21.7. The second-order valence-electron chi connectivity index (χ2n) is 7.19. The van der Waals surface area contributed by atoms with Crippen LogP contribution in [0.4, 0.5) is 8.78 Å². The molecule has 1 amide bonds. The number of carbonyl (C=O) groups excluding carboxylic acids is 2. The number of amides is 1. The lowest BCUT2D eigenvalue weighted by Crippen LogP contribution is -2.39. The van der Waals surface area contributed by atoms with Crippen molar-refractivity contribution in [3.63, 3.8) is 0 Å². The molecule has 158 valence electrons. The van der Waals surface area contributed by atoms with E-state index in [1.165, 1.54) is 17.0 Å². The zero-order valence-electron chi connectivity index (χ0n) is 17.2. The Morgan fingerprint density at radius 2 is 1.83 bits per heavy atom. The van der Waals surface area contributed by atoms with Crippen LogP contribution in [0.25, 0.3) is 0 Å². The highest BCUT2D eigenvalue weighted by Gasteiger charge is 2.38. The summed E-state index contributed by atoms with van der Waals surface area (Å²) in [5.74, 6) is -3.10. The van der Waals surface area contributed by atoms with Gasteiger partial charge in [-0.25, -0.2) is 13.6 Å². The zero-order valence-corrected chi connectivity index (χ0v) is 17.2. The Labute approximate surface area is 175 Å². The average Bonchev–Trinajstić information content (AvgIpc) is 2.74. The number of benzene rings is 2. The number of ether oxygens (including phenoxy) is 1. The SMILES string of the molecule is CCCC1=C(C(=O)OCC)C(c2ccccc2)CC(=O)N1Cc1cccc(F)c1F. The number of hydrogen-bond acceptors (Lipinski definition) is 3. The fourth-order valence-electron chi connectivity index (χ4n) is 3.85. The lowest BCUT2D eigenvalue weighted by molar-refractivity contribution is -0.140. The topological polar surface area (TPSA) is 46.6 Å². The first-order valence-electron chi connectivity index (χ1n) is 10.2. The molecule has 1 aliphatic rings. The van der Waals surface area contributed by atoms with Crippen LogP contribution < -0.4 is 0 Å². The Kier molecular flexibility index (Phi) is 6.98. The zero-order chi connectivity index (χ0) is 21.7. The number of halogens is 2. The van der Waals surface area contributed by atoms with Gasteiger partial charge in [-0.1, -0.05) is 55.8 Å². The fraction of sp³-hybridized carbons (Fsp3) is 0.333. The molecule has 0 saturated heterocycles. The van der Waals surface area contributed by atoms with E-state index in [0.717, 1.165) is 11.6 Å². The molecule has 0 radical (unpaired) electrons. The van der Waals surface area contributed by atoms with Crippen molar-refractivity contribution in [2.24, 2.45) is 0 Å². The molecule has 1 unspecified atom stereocenters. The van der Waals surface area contributed by atoms with E-state index < -0.39 is 23.5 Å². The maximum Gasteiger partial charge on any atom is 0.336 e. The number of esters is 1. The third-order valence-corrected chi connectivity index (χ3v) is 5.21. The molecular formula is C24H25F2NO3. The first-order valence-corrected chi connectivity index (χ1v) is 10.2. The van der Waals surface area contributed by atoms with Crippen molar-refractivity contribution in [2.45, 2.75) is 45.6 Å². The molecule has 30 heavy (non-hydrogen) atoms. The summed E-state index contributed by atoms with van der Waals surface area (Å²) in [7, 11) is 0. The van der Waals surface area contributed by atoms with E-state index in [1.807, 2.05) is 37.3 Å². The largest absolute Gasteiger partial charge is 0.463 e. The summed E-state index contributed by atoms with van der Waals surface area (Å²) in [6, 6.07) is 13.2. The minimum Gasteiger partial charge on any atom is -0.463 e. The van der Waals surface area contributed by atoms with E-state index in [4.69, 9.17) is 4.74 Å². The third-order valence-electron chi connectivity index (χ3n) is 5.21. The number of carbonyl (C=O) groups is 2. The van der Waals surface area contributed by atoms with Crippen LogP contribution in [0, 0.1) is 11.6 Å². The maximum atomic E-state index is 14.3. The van der Waals surface area contributed by atoms with Crippen LogP contribution in [-0.4, -0.2) is 23.4 Å². The van der Waals surface area contributed by atoms with Crippen molar-refractivity contribution in [3.8, 4) is 0 Å². The van der Waals surface area contributed by atoms with Crippen molar-refractivity contribution in [3.05, 3.63) is 82.6 Å². The molecule has 1 aliphatic heterocycles. The molecule has 6 heteroatoms. The summed E-state index contributed by atoms with van der Waals surface area (Å²) in [5, 5.41) is 0. The highest BCUT2D eigenvalue weighted by atomic mass is 19.2. The smallest absolute Gasteiger partial charge is 0.336 e. The quantitative estimate of drug-likeness (QED) is 0.594. The van der Waals surface area contributed by atoms with Gasteiger partial charge in [0.1, 0.15) is 0 Å². The molecule has 4 nitrogen and oxygen atoms in total. The summed E-state index contributed by atoms with van der Waals surface area (Å²) in [6.07, 6.45) is 1.18. The molecule has 2 aromatic carbocycles. The van der Waals surface area contributed by atoms with Crippen LogP contribution in [0.5, 0.6) is 0 Å². The highest BCUT2D eigenvalue weighted by Crippen LogP contribution is 2.39. The molecule has 0 fully saturated rings. The van der Waals surface area contributed by atoms with Crippen LogP contribution in [0.1, 0.15) is 50.2 Å². The Bertz CT molecular complexity index is 956. The van der Waals surface area contributed by atoms with Crippen LogP contribution >= 0.6 is 0 Å². The molecular weight excluding hydrogens is 388 g/mol. The minimum atomic E-state index is -0.982. The number of rotatable bonds is 7. The highest BCUT2D eigenvalue weighted by molar-refractivity contribution is 5.96. The van der Waals surface area contributed by atoms with Gasteiger partial charge in [0.15, 0.2) is 11.6 Å². The van der Waals surface area contributed by atoms with Crippen molar-refractivity contribution < 1.29 is 23.1 Å². The second-order valence-corrected chi connectivity index (χ2v) is 7.19. The van der Waals surface area contributed by atoms with Crippen molar-refractivity contribution in [2.75, 3.05) is 6.61 Å². The number of allylic oxidation sites excluding steroid dienone is 1. The summed E-state index contributed by atoms with van der Waals surface area (Å²) in [4.78, 5) is 27.5. The predicted octanol–water partition coefficient (Wildman–Crippen LogP) is 5.10. The second kappa shape index (κ2) is 9.65. The molecule has 0 N–H and O–H groups in total. The van der Waals surface area contributed by atoms with Crippen LogP contribution in [0.2, 0.25) is 0 Å². The summed E-state index contributed by atoms with van der Waals surface area (Å²) >= 11 is 0. The van der Waals surface area contributed by atoms with E-state index >= 15 is 0 Å². The van der Waals surface area contributed by atoms with Crippen LogP contribution in [0.3, 0.4) is 0 Å². The van der Waals surface area contributed by atoms with E-state index in [0.29, 0.717) is 24.1 Å². The van der Waals surface area contributed by atoms with Crippen LogP contribution in [0.15, 0.2) is 59.8 Å². The number of nitrogens with zero attached hydrogens (tertiary/aromatic N) is 1. The summed E-state index contributed by atoms with van der Waals surface area (Å²) in [5.41, 5.74) is 1.85. The Hall–Kier alpha value is -3.02. The predicted molar refractivity (Wildman–Crippen MR) is 109 cm³/mol. The van der Waals surface area contributed by atoms with Crippen molar-refractivity contribution in [1.82, 2.24) is 4.90 Å². The Morgan fingerprint density at radius 3 is 2.50 bits per heavy atom. The standard InChI is InChI=1S/C24H25F2NO3/c1-3-9-20-22(24(29)30-4-2)18(16-10-6-5-7-11-16)14-21(28)27(20)15-17-12-8-13-19(25)23(17)26/h5-8,10-13,18H,3-4,9,14-15H2,1-2H3. The summed E-state index contributed by atoms with van der Waals surface area (Å²) in [6.45, 7) is 3.73. The molecule has 0 aromatic heterocycles. The van der Waals surface area contributed by atoms with E-state index in [2.05, 4.69) is 0 Å². The van der Waals surface area contributed by atoms with Crippen molar-refractivity contribution >= 4 is 11.9 Å². The Balaban J connectivity index is 2.12. The van der Waals surface area contributed by atoms with Gasteiger partial charge in [0, 0.05) is 23.6 Å². The summed E-state index contributed by atoms with van der Waals surface area (Å²) < 4.78 is 33.3. The van der Waals surface area contributed by atoms with Gasteiger partial charge in [-0.05, 0) is 25.0 Å². The van der Waals surface area contributed by atoms with Gasteiger partial charge < -0.3 is 9.64 Å². The normalized spacial score (nSPS) is 16.7. The van der Waals surface area contributed by atoms with E-state index in [1.54, 1.807) is 6.92 Å². The molecule has 1 atom stereocenters. The third kappa shape index (κ3) is 4.42. The molecule has 1 heterocycles.